The fourth-order valence-electron chi connectivity index (χ4n) is 0.111. The molecular weight excluding hydrogens is 134 g/mol. The van der Waals surface area contributed by atoms with Crippen molar-refractivity contribution in [2.75, 3.05) is 6.61 Å². The molecule has 1 unspecified atom stereocenters. The Kier molecular flexibility index (Phi) is 4.31. The van der Waals surface area contributed by atoms with Crippen LogP contribution in [0.15, 0.2) is 12.7 Å². The molecule has 0 aliphatic carbocycles. The van der Waals surface area contributed by atoms with Crippen LogP contribution in [0.5, 0.6) is 0 Å². The Labute approximate surface area is 47.8 Å². The highest BCUT2D eigenvalue weighted by Gasteiger charge is 2.08. The van der Waals surface area contributed by atoms with Crippen LogP contribution in [0, 0.1) is 0 Å². The van der Waals surface area contributed by atoms with Crippen LogP contribution in [0.3, 0.4) is 0 Å². The number of halogens is 1. The molecule has 40 valence electrons. The Morgan fingerprint density at radius 3 is 2.71 bits per heavy atom. The van der Waals surface area contributed by atoms with Crippen LogP contribution in [-0.4, -0.2) is 6.61 Å². The highest BCUT2D eigenvalue weighted by Crippen LogP contribution is 2.26. The van der Waals surface area contributed by atoms with Crippen LogP contribution < -0.4 is 0 Å². The molecule has 0 aliphatic rings. The van der Waals surface area contributed by atoms with Gasteiger partial charge in [0.2, 0.25) is 11.2 Å². The average Bonchev–Trinajstić information content (AvgIpc) is 1.61. The maximum atomic E-state index is 9.85. The molecule has 7 heavy (non-hydrogen) atoms. The van der Waals surface area contributed by atoms with Crippen molar-refractivity contribution in [1.82, 2.24) is 0 Å². The fourth-order valence-corrected chi connectivity index (χ4v) is 0.503. The Bertz CT molecular complexity index is 83.0. The molecule has 0 fully saturated rings. The standard InChI is InChI=1S/C3H5ClO2P/c1-2-3-6-7(4)5/h2H,1,3H2/q+1. The van der Waals surface area contributed by atoms with E-state index in [1.165, 1.54) is 6.08 Å². The summed E-state index contributed by atoms with van der Waals surface area (Å²) in [7, 11) is -1.96. The lowest BCUT2D eigenvalue weighted by Crippen LogP contribution is -1.72. The largest absolute Gasteiger partial charge is 0.634 e. The predicted octanol–water partition coefficient (Wildman–Crippen LogP) is 2.09. The van der Waals surface area contributed by atoms with Crippen molar-refractivity contribution < 1.29 is 9.09 Å². The van der Waals surface area contributed by atoms with Gasteiger partial charge in [0.05, 0.1) is 0 Å². The van der Waals surface area contributed by atoms with E-state index < -0.39 is 7.38 Å². The van der Waals surface area contributed by atoms with E-state index in [-0.39, 0.29) is 6.61 Å². The topological polar surface area (TPSA) is 26.3 Å². The molecule has 0 rings (SSSR count). The Morgan fingerprint density at radius 2 is 2.57 bits per heavy atom. The van der Waals surface area contributed by atoms with E-state index in [9.17, 15) is 4.57 Å². The van der Waals surface area contributed by atoms with Gasteiger partial charge in [0.15, 0.2) is 0 Å². The van der Waals surface area contributed by atoms with Crippen molar-refractivity contribution in [2.45, 2.75) is 0 Å². The van der Waals surface area contributed by atoms with Gasteiger partial charge >= 0.3 is 7.38 Å². The third-order valence-corrected chi connectivity index (χ3v) is 0.939. The third-order valence-electron chi connectivity index (χ3n) is 0.294. The molecule has 2 nitrogen and oxygen atoms in total. The second-order valence-electron chi connectivity index (χ2n) is 0.797. The summed E-state index contributed by atoms with van der Waals surface area (Å²) in [6.07, 6.45) is 1.48. The molecule has 0 saturated heterocycles. The average molecular weight is 139 g/mol. The normalized spacial score (nSPS) is 10.7. The molecule has 0 amide bonds. The zero-order chi connectivity index (χ0) is 5.70. The zero-order valence-corrected chi connectivity index (χ0v) is 5.28. The Hall–Kier alpha value is 0.0900. The van der Waals surface area contributed by atoms with Crippen LogP contribution in [0.4, 0.5) is 0 Å². The van der Waals surface area contributed by atoms with E-state index in [2.05, 4.69) is 11.1 Å². The lowest BCUT2D eigenvalue weighted by Gasteiger charge is -1.71. The number of hydrogen-bond donors (Lipinski definition) is 0. The molecule has 0 aliphatic heterocycles. The molecule has 0 heterocycles. The molecule has 1 atom stereocenters. The van der Waals surface area contributed by atoms with E-state index in [1.54, 1.807) is 0 Å². The minimum Gasteiger partial charge on any atom is -0.127 e. The van der Waals surface area contributed by atoms with Crippen LogP contribution in [0.2, 0.25) is 0 Å². The van der Waals surface area contributed by atoms with Crippen LogP contribution >= 0.6 is 18.6 Å². The molecule has 0 spiro atoms. The van der Waals surface area contributed by atoms with Gasteiger partial charge < -0.3 is 0 Å². The minimum absolute atomic E-state index is 0.249. The molecular formula is C3H5ClO2P+. The zero-order valence-electron chi connectivity index (χ0n) is 3.63. The van der Waals surface area contributed by atoms with Crippen LogP contribution in [0.25, 0.3) is 0 Å². The highest BCUT2D eigenvalue weighted by atomic mass is 35.7. The smallest absolute Gasteiger partial charge is 0.127 e. The van der Waals surface area contributed by atoms with Gasteiger partial charge in [-0.2, -0.15) is 0 Å². The van der Waals surface area contributed by atoms with Gasteiger partial charge in [0.25, 0.3) is 0 Å². The molecule has 0 aromatic rings. The second kappa shape index (κ2) is 4.25. The first-order valence-electron chi connectivity index (χ1n) is 1.64. The van der Waals surface area contributed by atoms with Gasteiger partial charge in [-0.1, -0.05) is 6.08 Å². The summed E-state index contributed by atoms with van der Waals surface area (Å²) in [4.78, 5) is 0. The summed E-state index contributed by atoms with van der Waals surface area (Å²) < 4.78 is 14.2. The number of rotatable bonds is 3. The Morgan fingerprint density at radius 1 is 2.00 bits per heavy atom. The summed E-state index contributed by atoms with van der Waals surface area (Å²) in [5.41, 5.74) is 0. The van der Waals surface area contributed by atoms with Crippen molar-refractivity contribution in [1.29, 1.82) is 0 Å². The van der Waals surface area contributed by atoms with E-state index in [1.807, 2.05) is 0 Å². The van der Waals surface area contributed by atoms with Crippen molar-refractivity contribution in [3.63, 3.8) is 0 Å². The van der Waals surface area contributed by atoms with Gasteiger partial charge in [-0.05, 0) is 4.57 Å². The van der Waals surface area contributed by atoms with E-state index >= 15 is 0 Å². The summed E-state index contributed by atoms with van der Waals surface area (Å²) in [5, 5.41) is 0. The van der Waals surface area contributed by atoms with Crippen LogP contribution in [0.1, 0.15) is 0 Å². The minimum atomic E-state index is -1.96. The van der Waals surface area contributed by atoms with Gasteiger partial charge in [-0.15, -0.1) is 11.1 Å². The Balaban J connectivity index is 2.97. The molecule has 0 N–H and O–H groups in total. The van der Waals surface area contributed by atoms with Crippen LogP contribution in [-0.2, 0) is 9.09 Å². The summed E-state index contributed by atoms with van der Waals surface area (Å²) >= 11 is 4.90. The predicted molar refractivity (Wildman–Crippen MR) is 29.6 cm³/mol. The van der Waals surface area contributed by atoms with Crippen molar-refractivity contribution in [3.05, 3.63) is 12.7 Å². The first kappa shape index (κ1) is 7.09. The summed E-state index contributed by atoms with van der Waals surface area (Å²) in [6, 6.07) is 0. The second-order valence-corrected chi connectivity index (χ2v) is 2.31. The van der Waals surface area contributed by atoms with E-state index in [0.29, 0.717) is 0 Å². The van der Waals surface area contributed by atoms with Gasteiger partial charge in [0, 0.05) is 0 Å². The van der Waals surface area contributed by atoms with E-state index in [4.69, 9.17) is 11.2 Å². The molecule has 4 heteroatoms. The maximum absolute atomic E-state index is 9.85. The first-order valence-corrected chi connectivity index (χ1v) is 3.72. The maximum Gasteiger partial charge on any atom is 0.634 e. The number of hydrogen-bond acceptors (Lipinski definition) is 2. The van der Waals surface area contributed by atoms with Gasteiger partial charge in [-0.3, -0.25) is 0 Å². The fraction of sp³-hybridized carbons (Fsp3) is 0.333. The summed E-state index contributed by atoms with van der Waals surface area (Å²) in [5.74, 6) is 0. The highest BCUT2D eigenvalue weighted by molar-refractivity contribution is 7.69. The van der Waals surface area contributed by atoms with Crippen molar-refractivity contribution in [2.24, 2.45) is 0 Å². The van der Waals surface area contributed by atoms with Crippen molar-refractivity contribution in [3.8, 4) is 0 Å². The molecule has 0 aromatic carbocycles. The van der Waals surface area contributed by atoms with E-state index in [0.717, 1.165) is 0 Å². The SMILES string of the molecule is C=CCO[P+](=O)Cl. The van der Waals surface area contributed by atoms with Gasteiger partial charge in [0.1, 0.15) is 6.61 Å². The molecule has 0 bridgehead atoms. The molecule has 0 aromatic heterocycles. The third kappa shape index (κ3) is 6.09. The monoisotopic (exact) mass is 139 g/mol. The lowest BCUT2D eigenvalue weighted by molar-refractivity contribution is 0.382. The van der Waals surface area contributed by atoms with Gasteiger partial charge in [-0.25, -0.2) is 0 Å². The molecule has 0 radical (unpaired) electrons. The first-order chi connectivity index (χ1) is 3.27. The van der Waals surface area contributed by atoms with Crippen molar-refractivity contribution >= 4 is 18.6 Å². The summed E-state index contributed by atoms with van der Waals surface area (Å²) in [6.45, 7) is 3.57. The lowest BCUT2D eigenvalue weighted by atomic mass is 10.7. The quantitative estimate of drug-likeness (QED) is 0.442. The molecule has 0 saturated carbocycles.